The third-order valence-corrected chi connectivity index (χ3v) is 4.14. The molecule has 1 aromatic carbocycles. The molecule has 4 heteroatoms. The maximum Gasteiger partial charge on any atom is 0.122 e. The third-order valence-electron chi connectivity index (χ3n) is 4.14. The van der Waals surface area contributed by atoms with Gasteiger partial charge in [-0.1, -0.05) is 13.0 Å². The van der Waals surface area contributed by atoms with Crippen LogP contribution in [0.25, 0.3) is 0 Å². The molecule has 0 aliphatic carbocycles. The van der Waals surface area contributed by atoms with E-state index in [1.165, 1.54) is 0 Å². The van der Waals surface area contributed by atoms with Gasteiger partial charge in [-0.15, -0.1) is 0 Å². The first-order valence-corrected chi connectivity index (χ1v) is 7.87. The van der Waals surface area contributed by atoms with Gasteiger partial charge in [-0.25, -0.2) is 0 Å². The number of anilines is 1. The fourth-order valence-electron chi connectivity index (χ4n) is 2.87. The van der Waals surface area contributed by atoms with Crippen LogP contribution in [0.15, 0.2) is 18.2 Å². The normalized spacial score (nSPS) is 19.5. The van der Waals surface area contributed by atoms with Crippen LogP contribution < -0.4 is 10.2 Å². The zero-order valence-electron chi connectivity index (χ0n) is 13.6. The van der Waals surface area contributed by atoms with Gasteiger partial charge in [-0.3, -0.25) is 0 Å². The van der Waals surface area contributed by atoms with E-state index in [4.69, 9.17) is 4.74 Å². The molecular formula is C17H28N2O2. The topological polar surface area (TPSA) is 44.7 Å². The molecule has 0 radical (unpaired) electrons. The van der Waals surface area contributed by atoms with Gasteiger partial charge in [0.15, 0.2) is 0 Å². The van der Waals surface area contributed by atoms with Crippen LogP contribution in [0.1, 0.15) is 45.7 Å². The Morgan fingerprint density at radius 3 is 2.81 bits per heavy atom. The van der Waals surface area contributed by atoms with Crippen molar-refractivity contribution in [3.8, 4) is 5.75 Å². The third kappa shape index (κ3) is 3.69. The van der Waals surface area contributed by atoms with Crippen LogP contribution in [0, 0.1) is 0 Å². The Kier molecular flexibility index (Phi) is 5.12. The number of phenols is 1. The van der Waals surface area contributed by atoms with Crippen LogP contribution in [-0.2, 0) is 4.74 Å². The molecule has 1 aliphatic rings. The van der Waals surface area contributed by atoms with Gasteiger partial charge in [0.25, 0.3) is 0 Å². The van der Waals surface area contributed by atoms with Gasteiger partial charge in [0.2, 0.25) is 0 Å². The molecule has 0 amide bonds. The fraction of sp³-hybridized carbons (Fsp3) is 0.647. The Labute approximate surface area is 128 Å². The number of phenolic OH excluding ortho intramolecular Hbond substituents is 1. The van der Waals surface area contributed by atoms with E-state index in [1.54, 1.807) is 0 Å². The molecule has 1 aromatic rings. The molecule has 118 valence electrons. The summed E-state index contributed by atoms with van der Waals surface area (Å²) in [5.74, 6) is 0.367. The fourth-order valence-corrected chi connectivity index (χ4v) is 2.87. The van der Waals surface area contributed by atoms with Gasteiger partial charge >= 0.3 is 0 Å². The smallest absolute Gasteiger partial charge is 0.122 e. The number of benzene rings is 1. The van der Waals surface area contributed by atoms with E-state index < -0.39 is 0 Å². The van der Waals surface area contributed by atoms with Crippen molar-refractivity contribution in [1.82, 2.24) is 5.32 Å². The highest BCUT2D eigenvalue weighted by Gasteiger charge is 2.31. The Morgan fingerprint density at radius 1 is 1.43 bits per heavy atom. The lowest BCUT2D eigenvalue weighted by Gasteiger charge is -2.44. The highest BCUT2D eigenvalue weighted by molar-refractivity contribution is 5.56. The number of hydrogen-bond acceptors (Lipinski definition) is 4. The van der Waals surface area contributed by atoms with Crippen molar-refractivity contribution in [2.24, 2.45) is 0 Å². The summed E-state index contributed by atoms with van der Waals surface area (Å²) in [6.07, 6.45) is 1.09. The lowest BCUT2D eigenvalue weighted by Crippen LogP contribution is -2.53. The van der Waals surface area contributed by atoms with E-state index in [9.17, 15) is 5.11 Å². The van der Waals surface area contributed by atoms with E-state index in [1.807, 2.05) is 12.1 Å². The van der Waals surface area contributed by atoms with Gasteiger partial charge in [0.1, 0.15) is 5.75 Å². The van der Waals surface area contributed by atoms with Gasteiger partial charge in [0.05, 0.1) is 18.8 Å². The minimum atomic E-state index is -0.0434. The monoisotopic (exact) mass is 292 g/mol. The van der Waals surface area contributed by atoms with Crippen LogP contribution in [0.5, 0.6) is 5.75 Å². The second kappa shape index (κ2) is 6.67. The van der Waals surface area contributed by atoms with Crippen LogP contribution in [-0.4, -0.2) is 36.9 Å². The summed E-state index contributed by atoms with van der Waals surface area (Å²) in [6, 6.07) is 6.18. The number of morpholine rings is 1. The van der Waals surface area contributed by atoms with Crippen molar-refractivity contribution in [3.63, 3.8) is 0 Å². The first-order chi connectivity index (χ1) is 9.95. The van der Waals surface area contributed by atoms with Gasteiger partial charge in [-0.2, -0.15) is 0 Å². The standard InChI is InChI=1S/C17H28N2O2/c1-5-8-18-13(2)15-7-6-14(11-16(15)20)19-9-10-21-12-17(19,3)4/h6-7,11,13,18,20H,5,8-10,12H2,1-4H3. The van der Waals surface area contributed by atoms with Gasteiger partial charge in [-0.05, 0) is 39.8 Å². The van der Waals surface area contributed by atoms with Crippen molar-refractivity contribution in [2.45, 2.75) is 45.7 Å². The molecule has 2 N–H and O–H groups in total. The SMILES string of the molecule is CCCNC(C)c1ccc(N2CCOCC2(C)C)cc1O. The minimum Gasteiger partial charge on any atom is -0.508 e. The average Bonchev–Trinajstić information content (AvgIpc) is 2.44. The molecule has 0 spiro atoms. The largest absolute Gasteiger partial charge is 0.508 e. The lowest BCUT2D eigenvalue weighted by molar-refractivity contribution is 0.0644. The molecule has 1 atom stereocenters. The predicted molar refractivity (Wildman–Crippen MR) is 87.1 cm³/mol. The summed E-state index contributed by atoms with van der Waals surface area (Å²) in [5.41, 5.74) is 1.98. The number of aromatic hydroxyl groups is 1. The van der Waals surface area contributed by atoms with Crippen molar-refractivity contribution in [1.29, 1.82) is 0 Å². The average molecular weight is 292 g/mol. The van der Waals surface area contributed by atoms with Crippen molar-refractivity contribution < 1.29 is 9.84 Å². The van der Waals surface area contributed by atoms with Crippen LogP contribution in [0.2, 0.25) is 0 Å². The zero-order valence-corrected chi connectivity index (χ0v) is 13.6. The molecule has 0 saturated carbocycles. The quantitative estimate of drug-likeness (QED) is 0.875. The Hall–Kier alpha value is -1.26. The molecule has 0 aromatic heterocycles. The molecule has 1 heterocycles. The lowest BCUT2D eigenvalue weighted by atomic mass is 10.00. The molecular weight excluding hydrogens is 264 g/mol. The summed E-state index contributed by atoms with van der Waals surface area (Å²) in [7, 11) is 0. The van der Waals surface area contributed by atoms with Crippen LogP contribution >= 0.6 is 0 Å². The van der Waals surface area contributed by atoms with Crippen LogP contribution in [0.4, 0.5) is 5.69 Å². The Morgan fingerprint density at radius 2 is 2.19 bits per heavy atom. The minimum absolute atomic E-state index is 0.0434. The molecule has 1 aliphatic heterocycles. The van der Waals surface area contributed by atoms with E-state index >= 15 is 0 Å². The van der Waals surface area contributed by atoms with Crippen LogP contribution in [0.3, 0.4) is 0 Å². The van der Waals surface area contributed by atoms with Gasteiger partial charge in [0, 0.05) is 29.9 Å². The predicted octanol–water partition coefficient (Wildman–Crippen LogP) is 3.07. The number of nitrogens with one attached hydrogen (secondary N) is 1. The first kappa shape index (κ1) is 16.1. The summed E-state index contributed by atoms with van der Waals surface area (Å²) in [6.45, 7) is 11.8. The number of rotatable bonds is 5. The maximum absolute atomic E-state index is 10.4. The number of ether oxygens (including phenoxy) is 1. The molecule has 1 unspecified atom stereocenters. The highest BCUT2D eigenvalue weighted by Crippen LogP contribution is 2.33. The molecule has 21 heavy (non-hydrogen) atoms. The summed E-state index contributed by atoms with van der Waals surface area (Å²) < 4.78 is 5.56. The van der Waals surface area contributed by atoms with E-state index in [-0.39, 0.29) is 11.6 Å². The maximum atomic E-state index is 10.4. The molecule has 0 bridgehead atoms. The van der Waals surface area contributed by atoms with Crippen molar-refractivity contribution in [3.05, 3.63) is 23.8 Å². The molecule has 1 saturated heterocycles. The van der Waals surface area contributed by atoms with Crippen molar-refractivity contribution in [2.75, 3.05) is 31.2 Å². The molecule has 4 nitrogen and oxygen atoms in total. The van der Waals surface area contributed by atoms with E-state index in [0.717, 1.165) is 37.4 Å². The van der Waals surface area contributed by atoms with E-state index in [0.29, 0.717) is 12.4 Å². The number of hydrogen-bond donors (Lipinski definition) is 2. The van der Waals surface area contributed by atoms with Crippen molar-refractivity contribution >= 4 is 5.69 Å². The Balaban J connectivity index is 2.18. The summed E-state index contributed by atoms with van der Waals surface area (Å²) in [4.78, 5) is 2.31. The highest BCUT2D eigenvalue weighted by atomic mass is 16.5. The summed E-state index contributed by atoms with van der Waals surface area (Å²) in [5, 5.41) is 13.8. The summed E-state index contributed by atoms with van der Waals surface area (Å²) >= 11 is 0. The second-order valence-corrected chi connectivity index (χ2v) is 6.44. The number of nitrogens with zero attached hydrogens (tertiary/aromatic N) is 1. The molecule has 1 fully saturated rings. The zero-order chi connectivity index (χ0) is 15.5. The van der Waals surface area contributed by atoms with E-state index in [2.05, 4.69) is 44.0 Å². The van der Waals surface area contributed by atoms with Gasteiger partial charge < -0.3 is 20.1 Å². The first-order valence-electron chi connectivity index (χ1n) is 7.87. The Bertz CT molecular complexity index is 474. The molecule has 2 rings (SSSR count). The second-order valence-electron chi connectivity index (χ2n) is 6.44.